The van der Waals surface area contributed by atoms with Gasteiger partial charge in [0.15, 0.2) is 11.5 Å². The number of ether oxygens (including phenoxy) is 2. The van der Waals surface area contributed by atoms with Crippen molar-refractivity contribution in [2.45, 2.75) is 38.6 Å². The normalized spacial score (nSPS) is 17.7. The zero-order valence-corrected chi connectivity index (χ0v) is 18.7. The first-order valence-corrected chi connectivity index (χ1v) is 10.9. The minimum atomic E-state index is -0.276. The van der Waals surface area contributed by atoms with Crippen molar-refractivity contribution >= 4 is 17.7 Å². The number of nitrogens with zero attached hydrogens (tertiary/aromatic N) is 2. The quantitative estimate of drug-likeness (QED) is 0.618. The number of aryl methyl sites for hydroxylation is 1. The van der Waals surface area contributed by atoms with Crippen molar-refractivity contribution in [3.8, 4) is 11.5 Å². The van der Waals surface area contributed by atoms with Gasteiger partial charge in [-0.15, -0.1) is 0 Å². The van der Waals surface area contributed by atoms with Gasteiger partial charge in [-0.2, -0.15) is 0 Å². The topological polar surface area (TPSA) is 76.2 Å². The van der Waals surface area contributed by atoms with Gasteiger partial charge in [0, 0.05) is 19.5 Å². The summed E-state index contributed by atoms with van der Waals surface area (Å²) in [6.07, 6.45) is 2.55. The van der Waals surface area contributed by atoms with Crippen molar-refractivity contribution < 1.29 is 23.9 Å². The maximum Gasteiger partial charge on any atom is 0.261 e. The molecule has 2 aromatic rings. The number of amides is 3. The average Bonchev–Trinajstić information content (AvgIpc) is 3.38. The third-order valence-electron chi connectivity index (χ3n) is 6.26. The Bertz CT molecular complexity index is 1060. The van der Waals surface area contributed by atoms with E-state index in [2.05, 4.69) is 0 Å². The molecule has 0 bridgehead atoms. The first-order chi connectivity index (χ1) is 15.4. The molecule has 2 aliphatic heterocycles. The summed E-state index contributed by atoms with van der Waals surface area (Å²) >= 11 is 0. The maximum absolute atomic E-state index is 13.0. The highest BCUT2D eigenvalue weighted by molar-refractivity contribution is 6.21. The molecule has 1 unspecified atom stereocenters. The van der Waals surface area contributed by atoms with E-state index in [4.69, 9.17) is 9.47 Å². The summed E-state index contributed by atoms with van der Waals surface area (Å²) in [5.74, 6) is 0.788. The van der Waals surface area contributed by atoms with Crippen molar-refractivity contribution in [1.29, 1.82) is 0 Å². The zero-order valence-electron chi connectivity index (χ0n) is 18.7. The van der Waals surface area contributed by atoms with Gasteiger partial charge in [0.25, 0.3) is 11.8 Å². The molecule has 4 rings (SSSR count). The molecule has 0 N–H and O–H groups in total. The smallest absolute Gasteiger partial charge is 0.261 e. The Morgan fingerprint density at radius 1 is 1.00 bits per heavy atom. The number of hydrogen-bond acceptors (Lipinski definition) is 5. The van der Waals surface area contributed by atoms with Crippen LogP contribution in [0, 0.1) is 6.92 Å². The second-order valence-electron chi connectivity index (χ2n) is 8.27. The van der Waals surface area contributed by atoms with Crippen LogP contribution < -0.4 is 9.47 Å². The van der Waals surface area contributed by atoms with Crippen LogP contribution in [-0.2, 0) is 4.79 Å². The lowest BCUT2D eigenvalue weighted by atomic mass is 10.0. The van der Waals surface area contributed by atoms with Gasteiger partial charge >= 0.3 is 0 Å². The van der Waals surface area contributed by atoms with Gasteiger partial charge in [-0.25, -0.2) is 0 Å². The summed E-state index contributed by atoms with van der Waals surface area (Å²) < 4.78 is 10.7. The van der Waals surface area contributed by atoms with E-state index in [0.29, 0.717) is 35.6 Å². The number of carbonyl (C=O) groups is 3. The molecule has 0 aromatic heterocycles. The van der Waals surface area contributed by atoms with E-state index < -0.39 is 0 Å². The summed E-state index contributed by atoms with van der Waals surface area (Å²) in [7, 11) is 3.19. The Balaban J connectivity index is 1.38. The molecule has 0 radical (unpaired) electrons. The van der Waals surface area contributed by atoms with E-state index in [-0.39, 0.29) is 36.7 Å². The minimum absolute atomic E-state index is 0.00964. The van der Waals surface area contributed by atoms with E-state index in [9.17, 15) is 14.4 Å². The van der Waals surface area contributed by atoms with Gasteiger partial charge in [-0.3, -0.25) is 19.3 Å². The third kappa shape index (κ3) is 3.95. The second-order valence-corrected chi connectivity index (χ2v) is 8.27. The minimum Gasteiger partial charge on any atom is -0.493 e. The lowest BCUT2D eigenvalue weighted by molar-refractivity contribution is -0.132. The fourth-order valence-corrected chi connectivity index (χ4v) is 4.61. The molecule has 1 atom stereocenters. The first kappa shape index (κ1) is 21.9. The van der Waals surface area contributed by atoms with Crippen LogP contribution in [0.3, 0.4) is 0 Å². The SMILES string of the molecule is COc1ccc(C2CCCN2C(=O)CCCN2C(=O)c3ccc(C)cc3C2=O)cc1OC. The molecular formula is C25H28N2O5. The number of hydrogen-bond donors (Lipinski definition) is 0. The first-order valence-electron chi connectivity index (χ1n) is 10.9. The lowest BCUT2D eigenvalue weighted by Gasteiger charge is -2.26. The largest absolute Gasteiger partial charge is 0.493 e. The van der Waals surface area contributed by atoms with E-state index in [1.54, 1.807) is 26.4 Å². The second kappa shape index (κ2) is 9.02. The summed E-state index contributed by atoms with van der Waals surface area (Å²) in [6.45, 7) is 2.83. The molecule has 2 aliphatic rings. The molecule has 7 heteroatoms. The number of rotatable bonds is 7. The maximum atomic E-state index is 13.0. The van der Waals surface area contributed by atoms with Crippen molar-refractivity contribution in [1.82, 2.24) is 9.80 Å². The van der Waals surface area contributed by atoms with Gasteiger partial charge in [-0.05, 0) is 56.0 Å². The van der Waals surface area contributed by atoms with Crippen LogP contribution >= 0.6 is 0 Å². The van der Waals surface area contributed by atoms with E-state index in [1.165, 1.54) is 4.90 Å². The van der Waals surface area contributed by atoms with Crippen molar-refractivity contribution in [2.75, 3.05) is 27.3 Å². The van der Waals surface area contributed by atoms with Gasteiger partial charge in [0.2, 0.25) is 5.91 Å². The van der Waals surface area contributed by atoms with Crippen LogP contribution in [0.1, 0.15) is 63.6 Å². The molecule has 1 fully saturated rings. The number of benzene rings is 2. The van der Waals surface area contributed by atoms with Crippen LogP contribution in [0.15, 0.2) is 36.4 Å². The molecule has 2 heterocycles. The summed E-state index contributed by atoms with van der Waals surface area (Å²) in [5.41, 5.74) is 2.86. The Morgan fingerprint density at radius 2 is 1.75 bits per heavy atom. The van der Waals surface area contributed by atoms with Gasteiger partial charge in [0.1, 0.15) is 0 Å². The molecule has 1 saturated heterocycles. The highest BCUT2D eigenvalue weighted by atomic mass is 16.5. The number of imide groups is 1. The molecule has 0 saturated carbocycles. The fourth-order valence-electron chi connectivity index (χ4n) is 4.61. The van der Waals surface area contributed by atoms with E-state index >= 15 is 0 Å². The van der Waals surface area contributed by atoms with Crippen LogP contribution in [0.25, 0.3) is 0 Å². The summed E-state index contributed by atoms with van der Waals surface area (Å²) in [4.78, 5) is 41.4. The molecule has 0 aliphatic carbocycles. The molecule has 32 heavy (non-hydrogen) atoms. The van der Waals surface area contributed by atoms with Crippen LogP contribution in [-0.4, -0.2) is 54.8 Å². The zero-order chi connectivity index (χ0) is 22.8. The molecule has 7 nitrogen and oxygen atoms in total. The number of carbonyl (C=O) groups excluding carboxylic acids is 3. The third-order valence-corrected chi connectivity index (χ3v) is 6.26. The van der Waals surface area contributed by atoms with Crippen LogP contribution in [0.4, 0.5) is 0 Å². The predicted molar refractivity (Wildman–Crippen MR) is 119 cm³/mol. The Labute approximate surface area is 187 Å². The summed E-state index contributed by atoms with van der Waals surface area (Å²) in [5, 5.41) is 0. The molecule has 0 spiro atoms. The summed E-state index contributed by atoms with van der Waals surface area (Å²) in [6, 6.07) is 11.0. The fraction of sp³-hybridized carbons (Fsp3) is 0.400. The number of methoxy groups -OCH3 is 2. The average molecular weight is 437 g/mol. The predicted octanol–water partition coefficient (Wildman–Crippen LogP) is 3.75. The monoisotopic (exact) mass is 436 g/mol. The highest BCUT2D eigenvalue weighted by Gasteiger charge is 2.35. The highest BCUT2D eigenvalue weighted by Crippen LogP contribution is 2.37. The van der Waals surface area contributed by atoms with Gasteiger partial charge < -0.3 is 14.4 Å². The van der Waals surface area contributed by atoms with Crippen LogP contribution in [0.2, 0.25) is 0 Å². The Kier molecular flexibility index (Phi) is 6.17. The Morgan fingerprint density at radius 3 is 2.50 bits per heavy atom. The van der Waals surface area contributed by atoms with Crippen molar-refractivity contribution in [2.24, 2.45) is 0 Å². The van der Waals surface area contributed by atoms with Crippen molar-refractivity contribution in [3.63, 3.8) is 0 Å². The molecule has 168 valence electrons. The van der Waals surface area contributed by atoms with E-state index in [1.807, 2.05) is 36.1 Å². The van der Waals surface area contributed by atoms with E-state index in [0.717, 1.165) is 24.0 Å². The molecular weight excluding hydrogens is 408 g/mol. The Hall–Kier alpha value is -3.35. The van der Waals surface area contributed by atoms with Gasteiger partial charge in [0.05, 0.1) is 31.4 Å². The number of likely N-dealkylation sites (tertiary alicyclic amines) is 1. The van der Waals surface area contributed by atoms with Crippen molar-refractivity contribution in [3.05, 3.63) is 58.7 Å². The lowest BCUT2D eigenvalue weighted by Crippen LogP contribution is -2.33. The van der Waals surface area contributed by atoms with Gasteiger partial charge in [-0.1, -0.05) is 17.7 Å². The standard InChI is InChI=1S/C25H28N2O5/c1-16-8-10-18-19(14-16)25(30)27(24(18)29)13-5-7-23(28)26-12-4-6-20(26)17-9-11-21(31-2)22(15-17)32-3/h8-11,14-15,20H,4-7,12-13H2,1-3H3. The number of fused-ring (bicyclic) bond motifs is 1. The molecule has 3 amide bonds. The van der Waals surface area contributed by atoms with Crippen LogP contribution in [0.5, 0.6) is 11.5 Å². The molecule has 2 aromatic carbocycles.